The van der Waals surface area contributed by atoms with Gasteiger partial charge in [-0.05, 0) is 42.2 Å². The second-order valence-corrected chi connectivity index (χ2v) is 5.64. The van der Waals surface area contributed by atoms with Crippen molar-refractivity contribution >= 4 is 23.5 Å². The van der Waals surface area contributed by atoms with Crippen molar-refractivity contribution in [1.29, 1.82) is 0 Å². The number of rotatable bonds is 5. The first-order valence-corrected chi connectivity index (χ1v) is 8.34. The van der Waals surface area contributed by atoms with Gasteiger partial charge in [0, 0.05) is 12.3 Å². The highest BCUT2D eigenvalue weighted by Gasteiger charge is 2.21. The Hall–Kier alpha value is -3.01. The molecular weight excluding hydrogens is 312 g/mol. The highest BCUT2D eigenvalue weighted by Crippen LogP contribution is 2.19. The molecule has 2 amide bonds. The molecule has 0 atom stereocenters. The summed E-state index contributed by atoms with van der Waals surface area (Å²) in [6.45, 7) is 5.73. The maximum Gasteiger partial charge on any atom is 0.258 e. The standard InChI is InChI=1S/C14H15NO2.C7H7N/c1-2-3-4-10-5-7-11(8-6-10)12-9-13(16)15-14(12)17;1-2-7-5-3-4-6-8-7/h5-9H,2-4H2,1H3,(H,15,16,17);2-6H,1H2. The number of imide groups is 1. The summed E-state index contributed by atoms with van der Waals surface area (Å²) in [5.74, 6) is -0.642. The minimum atomic E-state index is -0.333. The number of nitrogens with zero attached hydrogens (tertiary/aromatic N) is 1. The molecule has 1 aromatic carbocycles. The van der Waals surface area contributed by atoms with Crippen molar-refractivity contribution in [3.63, 3.8) is 0 Å². The molecule has 0 saturated heterocycles. The van der Waals surface area contributed by atoms with Gasteiger partial charge in [0.2, 0.25) is 0 Å². The Bertz CT molecular complexity index is 762. The topological polar surface area (TPSA) is 59.1 Å². The molecule has 2 aromatic rings. The number of carbonyl (C=O) groups excluding carboxylic acids is 2. The Morgan fingerprint density at radius 3 is 2.36 bits per heavy atom. The van der Waals surface area contributed by atoms with E-state index >= 15 is 0 Å². The lowest BCUT2D eigenvalue weighted by atomic mass is 10.0. The zero-order chi connectivity index (χ0) is 18.1. The number of amides is 2. The summed E-state index contributed by atoms with van der Waals surface area (Å²) in [7, 11) is 0. The number of pyridine rings is 1. The Kier molecular flexibility index (Phi) is 6.84. The Morgan fingerprint density at radius 1 is 1.12 bits per heavy atom. The summed E-state index contributed by atoms with van der Waals surface area (Å²) < 4.78 is 0. The quantitative estimate of drug-likeness (QED) is 0.846. The fraction of sp³-hybridized carbons (Fsp3) is 0.190. The number of hydrogen-bond acceptors (Lipinski definition) is 3. The fourth-order valence-electron chi connectivity index (χ4n) is 2.35. The van der Waals surface area contributed by atoms with Crippen LogP contribution in [0.5, 0.6) is 0 Å². The van der Waals surface area contributed by atoms with Gasteiger partial charge < -0.3 is 0 Å². The van der Waals surface area contributed by atoms with E-state index in [1.165, 1.54) is 24.5 Å². The van der Waals surface area contributed by atoms with Crippen molar-refractivity contribution in [2.24, 2.45) is 0 Å². The van der Waals surface area contributed by atoms with Crippen LogP contribution in [0.3, 0.4) is 0 Å². The Balaban J connectivity index is 0.000000236. The Labute approximate surface area is 148 Å². The molecule has 1 N–H and O–H groups in total. The molecule has 0 aliphatic carbocycles. The van der Waals surface area contributed by atoms with Crippen molar-refractivity contribution in [2.45, 2.75) is 26.2 Å². The number of aryl methyl sites for hydroxylation is 1. The van der Waals surface area contributed by atoms with Gasteiger partial charge in [-0.15, -0.1) is 0 Å². The molecule has 0 unspecified atom stereocenters. The van der Waals surface area contributed by atoms with Crippen molar-refractivity contribution < 1.29 is 9.59 Å². The zero-order valence-electron chi connectivity index (χ0n) is 14.4. The number of hydrogen-bond donors (Lipinski definition) is 1. The minimum Gasteiger partial charge on any atom is -0.289 e. The van der Waals surface area contributed by atoms with Crippen LogP contribution in [0.1, 0.15) is 36.6 Å². The van der Waals surface area contributed by atoms with E-state index in [0.717, 1.165) is 17.7 Å². The fourth-order valence-corrected chi connectivity index (χ4v) is 2.35. The van der Waals surface area contributed by atoms with Gasteiger partial charge in [-0.3, -0.25) is 19.9 Å². The third-order valence-corrected chi connectivity index (χ3v) is 3.74. The lowest BCUT2D eigenvalue weighted by Crippen LogP contribution is -2.21. The predicted octanol–water partition coefficient (Wildman–Crippen LogP) is 3.79. The molecular formula is C21H22N2O2. The molecule has 4 nitrogen and oxygen atoms in total. The van der Waals surface area contributed by atoms with E-state index in [0.29, 0.717) is 5.57 Å². The first-order chi connectivity index (χ1) is 12.1. The summed E-state index contributed by atoms with van der Waals surface area (Å²) >= 11 is 0. The molecule has 2 heterocycles. The van der Waals surface area contributed by atoms with Gasteiger partial charge in [-0.2, -0.15) is 0 Å². The van der Waals surface area contributed by atoms with Crippen molar-refractivity contribution in [3.8, 4) is 0 Å². The molecule has 1 aliphatic heterocycles. The van der Waals surface area contributed by atoms with Crippen LogP contribution in [0.15, 0.2) is 61.3 Å². The van der Waals surface area contributed by atoms with Crippen molar-refractivity contribution in [2.75, 3.05) is 0 Å². The molecule has 0 fully saturated rings. The van der Waals surface area contributed by atoms with Gasteiger partial charge in [0.1, 0.15) is 0 Å². The molecule has 0 radical (unpaired) electrons. The molecule has 0 bridgehead atoms. The lowest BCUT2D eigenvalue weighted by Gasteiger charge is -2.03. The van der Waals surface area contributed by atoms with Gasteiger partial charge in [0.25, 0.3) is 11.8 Å². The zero-order valence-corrected chi connectivity index (χ0v) is 14.4. The smallest absolute Gasteiger partial charge is 0.258 e. The molecule has 1 aliphatic rings. The third-order valence-electron chi connectivity index (χ3n) is 3.74. The maximum absolute atomic E-state index is 11.4. The normalized spacial score (nSPS) is 12.8. The first-order valence-electron chi connectivity index (χ1n) is 8.34. The molecule has 4 heteroatoms. The van der Waals surface area contributed by atoms with Gasteiger partial charge in [0.15, 0.2) is 0 Å². The van der Waals surface area contributed by atoms with Gasteiger partial charge >= 0.3 is 0 Å². The van der Waals surface area contributed by atoms with E-state index in [-0.39, 0.29) is 11.8 Å². The highest BCUT2D eigenvalue weighted by atomic mass is 16.2. The maximum atomic E-state index is 11.4. The van der Waals surface area contributed by atoms with Crippen LogP contribution < -0.4 is 5.32 Å². The average molecular weight is 334 g/mol. The Morgan fingerprint density at radius 2 is 1.88 bits per heavy atom. The SMILES string of the molecule is C=Cc1ccccn1.CCCCc1ccc(C2=CC(=O)NC2=O)cc1. The summed E-state index contributed by atoms with van der Waals surface area (Å²) in [6, 6.07) is 13.6. The van der Waals surface area contributed by atoms with Gasteiger partial charge in [0.05, 0.1) is 11.3 Å². The number of benzene rings is 1. The van der Waals surface area contributed by atoms with E-state index in [9.17, 15) is 9.59 Å². The number of nitrogens with one attached hydrogen (secondary N) is 1. The molecule has 1 aromatic heterocycles. The van der Waals surface area contributed by atoms with Crippen molar-refractivity contribution in [1.82, 2.24) is 10.3 Å². The van der Waals surface area contributed by atoms with Crippen LogP contribution in [0, 0.1) is 0 Å². The number of aromatic nitrogens is 1. The third kappa shape index (κ3) is 5.53. The second-order valence-electron chi connectivity index (χ2n) is 5.64. The number of carbonyl (C=O) groups is 2. The first kappa shape index (κ1) is 18.3. The summed E-state index contributed by atoms with van der Waals surface area (Å²) in [5.41, 5.74) is 3.44. The molecule has 0 spiro atoms. The van der Waals surface area contributed by atoms with Crippen LogP contribution >= 0.6 is 0 Å². The summed E-state index contributed by atoms with van der Waals surface area (Å²) in [4.78, 5) is 26.5. The number of unbranched alkanes of at least 4 members (excludes halogenated alkanes) is 1. The van der Waals surface area contributed by atoms with Crippen LogP contribution in [0.4, 0.5) is 0 Å². The molecule has 128 valence electrons. The largest absolute Gasteiger partial charge is 0.289 e. The van der Waals surface area contributed by atoms with E-state index in [4.69, 9.17) is 0 Å². The van der Waals surface area contributed by atoms with Gasteiger partial charge in [-0.1, -0.05) is 50.3 Å². The van der Waals surface area contributed by atoms with Crippen LogP contribution in [0.25, 0.3) is 11.6 Å². The highest BCUT2D eigenvalue weighted by molar-refractivity contribution is 6.33. The average Bonchev–Trinajstić information content (AvgIpc) is 3.00. The van der Waals surface area contributed by atoms with Crippen LogP contribution in [-0.2, 0) is 16.0 Å². The molecule has 25 heavy (non-hydrogen) atoms. The molecule has 0 saturated carbocycles. The summed E-state index contributed by atoms with van der Waals surface area (Å²) in [5, 5.41) is 2.24. The van der Waals surface area contributed by atoms with E-state index in [2.05, 4.69) is 23.8 Å². The van der Waals surface area contributed by atoms with E-state index < -0.39 is 0 Å². The van der Waals surface area contributed by atoms with E-state index in [1.807, 2.05) is 42.5 Å². The minimum absolute atomic E-state index is 0.309. The summed E-state index contributed by atoms with van der Waals surface area (Å²) in [6.07, 6.45) is 8.21. The van der Waals surface area contributed by atoms with Gasteiger partial charge in [-0.25, -0.2) is 0 Å². The lowest BCUT2D eigenvalue weighted by molar-refractivity contribution is -0.123. The van der Waals surface area contributed by atoms with Crippen molar-refractivity contribution in [3.05, 3.63) is 78.1 Å². The monoisotopic (exact) mass is 334 g/mol. The second kappa shape index (κ2) is 9.33. The predicted molar refractivity (Wildman–Crippen MR) is 101 cm³/mol. The van der Waals surface area contributed by atoms with E-state index in [1.54, 1.807) is 12.3 Å². The van der Waals surface area contributed by atoms with Crippen LogP contribution in [0.2, 0.25) is 0 Å². The molecule has 3 rings (SSSR count). The van der Waals surface area contributed by atoms with Crippen LogP contribution in [-0.4, -0.2) is 16.8 Å².